The summed E-state index contributed by atoms with van der Waals surface area (Å²) < 4.78 is 0. The molecule has 0 aromatic carbocycles. The molecule has 4 atom stereocenters. The molecule has 0 aromatic rings. The van der Waals surface area contributed by atoms with Crippen LogP contribution >= 0.6 is 0 Å². The standard InChI is InChI=1S/C69H137NO5/c1-3-5-7-9-11-13-15-17-19-21-23-25-27-29-31-32-33-34-35-37-39-41-43-45-47-49-51-53-55-57-59-61-63-67(73)69(75)70-65(64-71)68(74)66(72)62-60-58-56-54-52-50-48-46-44-42-40-38-36-30-28-26-24-22-20-18-16-14-12-10-8-6-4-2/h29,31,65-68,71-74H,3-28,30,32-64H2,1-2H3,(H,70,75)/b31-29-. The largest absolute Gasteiger partial charge is 0.394 e. The van der Waals surface area contributed by atoms with Crippen LogP contribution in [0.4, 0.5) is 0 Å². The molecule has 0 heterocycles. The zero-order valence-electron chi connectivity index (χ0n) is 51.1. The Morgan fingerprint density at radius 2 is 0.533 bits per heavy atom. The quantitative estimate of drug-likeness (QED) is 0.0308. The van der Waals surface area contributed by atoms with Crippen LogP contribution in [-0.2, 0) is 4.79 Å². The van der Waals surface area contributed by atoms with E-state index in [-0.39, 0.29) is 0 Å². The lowest BCUT2D eigenvalue weighted by molar-refractivity contribution is -0.132. The molecule has 6 nitrogen and oxygen atoms in total. The van der Waals surface area contributed by atoms with Crippen LogP contribution in [0.3, 0.4) is 0 Å². The van der Waals surface area contributed by atoms with Crippen molar-refractivity contribution >= 4 is 5.91 Å². The molecule has 75 heavy (non-hydrogen) atoms. The highest BCUT2D eigenvalue weighted by Crippen LogP contribution is 2.20. The van der Waals surface area contributed by atoms with Crippen molar-refractivity contribution in [1.82, 2.24) is 5.32 Å². The highest BCUT2D eigenvalue weighted by atomic mass is 16.3. The third-order valence-corrected chi connectivity index (χ3v) is 16.7. The minimum atomic E-state index is -1.26. The smallest absolute Gasteiger partial charge is 0.249 e. The lowest BCUT2D eigenvalue weighted by atomic mass is 9.99. The molecule has 0 radical (unpaired) electrons. The fraction of sp³-hybridized carbons (Fsp3) is 0.957. The van der Waals surface area contributed by atoms with Crippen LogP contribution in [0.1, 0.15) is 393 Å². The summed E-state index contributed by atoms with van der Waals surface area (Å²) in [4.78, 5) is 12.7. The normalized spacial score (nSPS) is 13.5. The van der Waals surface area contributed by atoms with Crippen molar-refractivity contribution in [2.24, 2.45) is 0 Å². The molecule has 0 rings (SSSR count). The molecular formula is C69H137NO5. The lowest BCUT2D eigenvalue weighted by Crippen LogP contribution is -2.53. The number of amides is 1. The number of carbonyl (C=O) groups is 1. The molecule has 0 saturated heterocycles. The number of nitrogens with one attached hydrogen (secondary N) is 1. The zero-order valence-corrected chi connectivity index (χ0v) is 51.1. The van der Waals surface area contributed by atoms with E-state index in [2.05, 4.69) is 31.3 Å². The Labute approximate surface area is 470 Å². The summed E-state index contributed by atoms with van der Waals surface area (Å²) in [5.41, 5.74) is 0. The van der Waals surface area contributed by atoms with Crippen molar-refractivity contribution in [3.8, 4) is 0 Å². The Hall–Kier alpha value is -0.950. The highest BCUT2D eigenvalue weighted by Gasteiger charge is 2.28. The fourth-order valence-electron chi connectivity index (χ4n) is 11.3. The van der Waals surface area contributed by atoms with Gasteiger partial charge in [-0.25, -0.2) is 0 Å². The van der Waals surface area contributed by atoms with E-state index in [1.165, 1.54) is 327 Å². The Bertz CT molecular complexity index is 1100. The third-order valence-electron chi connectivity index (χ3n) is 16.7. The predicted octanol–water partition coefficient (Wildman–Crippen LogP) is 21.2. The van der Waals surface area contributed by atoms with Crippen LogP contribution in [-0.4, -0.2) is 57.3 Å². The summed E-state index contributed by atoms with van der Waals surface area (Å²) in [6.45, 7) is 4.12. The average Bonchev–Trinajstić information content (AvgIpc) is 3.42. The summed E-state index contributed by atoms with van der Waals surface area (Å²) in [7, 11) is 0. The van der Waals surface area contributed by atoms with Crippen molar-refractivity contribution in [3.63, 3.8) is 0 Å². The van der Waals surface area contributed by atoms with E-state index in [1.807, 2.05) is 0 Å². The van der Waals surface area contributed by atoms with Gasteiger partial charge in [0.1, 0.15) is 12.2 Å². The second-order valence-corrected chi connectivity index (χ2v) is 24.2. The zero-order chi connectivity index (χ0) is 54.4. The lowest BCUT2D eigenvalue weighted by Gasteiger charge is -2.27. The van der Waals surface area contributed by atoms with Crippen molar-refractivity contribution in [2.45, 2.75) is 417 Å². The SMILES string of the molecule is CCCCCCCCCCCCCC/C=C\CCCCCCCCCCCCCCCCCCC(O)C(=O)NC(CO)C(O)C(O)CCCCCCCCCCCCCCCCCCCCCCCCCCCCC. The van der Waals surface area contributed by atoms with E-state index in [0.717, 1.165) is 38.5 Å². The maximum absolute atomic E-state index is 12.7. The number of carbonyl (C=O) groups excluding carboxylic acids is 1. The van der Waals surface area contributed by atoms with Gasteiger partial charge in [0.2, 0.25) is 5.91 Å². The monoisotopic (exact) mass is 1060 g/mol. The van der Waals surface area contributed by atoms with Gasteiger partial charge in [-0.2, -0.15) is 0 Å². The first-order valence-electron chi connectivity index (χ1n) is 34.6. The van der Waals surface area contributed by atoms with Gasteiger partial charge < -0.3 is 25.7 Å². The molecule has 0 bridgehead atoms. The number of unbranched alkanes of at least 4 members (excludes halogenated alkanes) is 54. The van der Waals surface area contributed by atoms with Crippen LogP contribution in [0.15, 0.2) is 12.2 Å². The molecule has 0 saturated carbocycles. The molecule has 0 fully saturated rings. The molecule has 0 spiro atoms. The molecule has 0 aliphatic rings. The van der Waals surface area contributed by atoms with Crippen LogP contribution < -0.4 is 5.32 Å². The summed E-state index contributed by atoms with van der Waals surface area (Å²) >= 11 is 0. The Kier molecular flexibility index (Phi) is 63.1. The van der Waals surface area contributed by atoms with Gasteiger partial charge in [-0.05, 0) is 38.5 Å². The number of allylic oxidation sites excluding steroid dienone is 2. The summed E-state index contributed by atoms with van der Waals surface area (Å²) in [6, 6.07) is -0.984. The first-order valence-corrected chi connectivity index (χ1v) is 34.6. The summed E-state index contributed by atoms with van der Waals surface area (Å²) in [5.74, 6) is -0.575. The number of aliphatic hydroxyl groups is 4. The summed E-state index contributed by atoms with van der Waals surface area (Å²) in [5, 5.41) is 44.2. The second kappa shape index (κ2) is 63.9. The molecule has 0 aliphatic heterocycles. The first-order chi connectivity index (χ1) is 37.0. The minimum absolute atomic E-state index is 0.374. The molecule has 4 unspecified atom stereocenters. The van der Waals surface area contributed by atoms with E-state index in [0.29, 0.717) is 12.8 Å². The third kappa shape index (κ3) is 57.5. The van der Waals surface area contributed by atoms with Crippen molar-refractivity contribution in [3.05, 3.63) is 12.2 Å². The van der Waals surface area contributed by atoms with Crippen molar-refractivity contribution < 1.29 is 25.2 Å². The average molecular weight is 1060 g/mol. The number of hydrogen-bond acceptors (Lipinski definition) is 5. The molecule has 5 N–H and O–H groups in total. The van der Waals surface area contributed by atoms with E-state index in [4.69, 9.17) is 0 Å². The van der Waals surface area contributed by atoms with Gasteiger partial charge in [0, 0.05) is 0 Å². The van der Waals surface area contributed by atoms with E-state index in [9.17, 15) is 25.2 Å². The van der Waals surface area contributed by atoms with Gasteiger partial charge in [-0.1, -0.05) is 366 Å². The van der Waals surface area contributed by atoms with Crippen LogP contribution in [0.5, 0.6) is 0 Å². The van der Waals surface area contributed by atoms with Crippen LogP contribution in [0.2, 0.25) is 0 Å². The topological polar surface area (TPSA) is 110 Å². The van der Waals surface area contributed by atoms with E-state index in [1.54, 1.807) is 0 Å². The van der Waals surface area contributed by atoms with Gasteiger partial charge in [-0.15, -0.1) is 0 Å². The van der Waals surface area contributed by atoms with E-state index >= 15 is 0 Å². The van der Waals surface area contributed by atoms with Gasteiger partial charge in [0.05, 0.1) is 18.8 Å². The van der Waals surface area contributed by atoms with Crippen LogP contribution in [0, 0.1) is 0 Å². The predicted molar refractivity (Wildman–Crippen MR) is 330 cm³/mol. The molecule has 1 amide bonds. The van der Waals surface area contributed by atoms with Crippen molar-refractivity contribution in [2.75, 3.05) is 6.61 Å². The van der Waals surface area contributed by atoms with E-state index < -0.39 is 36.9 Å². The number of rotatable bonds is 65. The molecule has 0 aliphatic carbocycles. The van der Waals surface area contributed by atoms with Crippen LogP contribution in [0.25, 0.3) is 0 Å². The molecule has 6 heteroatoms. The maximum Gasteiger partial charge on any atom is 0.249 e. The number of aliphatic hydroxyl groups excluding tert-OH is 4. The fourth-order valence-corrected chi connectivity index (χ4v) is 11.3. The van der Waals surface area contributed by atoms with Gasteiger partial charge in [0.25, 0.3) is 0 Å². The molecular weight excluding hydrogens is 923 g/mol. The number of hydrogen-bond donors (Lipinski definition) is 5. The second-order valence-electron chi connectivity index (χ2n) is 24.2. The van der Waals surface area contributed by atoms with Gasteiger partial charge in [0.15, 0.2) is 0 Å². The molecule has 448 valence electrons. The van der Waals surface area contributed by atoms with Gasteiger partial charge >= 0.3 is 0 Å². The summed E-state index contributed by atoms with van der Waals surface area (Å²) in [6.07, 6.45) is 79.0. The molecule has 0 aromatic heterocycles. The minimum Gasteiger partial charge on any atom is -0.394 e. The Morgan fingerprint density at radius 3 is 0.773 bits per heavy atom. The van der Waals surface area contributed by atoms with Crippen molar-refractivity contribution in [1.29, 1.82) is 0 Å². The maximum atomic E-state index is 12.7. The first kappa shape index (κ1) is 74.0. The van der Waals surface area contributed by atoms with Gasteiger partial charge in [-0.3, -0.25) is 4.79 Å². The highest BCUT2D eigenvalue weighted by molar-refractivity contribution is 5.80. The Balaban J connectivity index is 3.53. The Morgan fingerprint density at radius 1 is 0.320 bits per heavy atom.